The zero-order chi connectivity index (χ0) is 39.8. The maximum absolute atomic E-state index is 6.35. The highest BCUT2D eigenvalue weighted by Gasteiger charge is 2.33. The molecule has 0 N–H and O–H groups in total. The third-order valence-corrected chi connectivity index (χ3v) is 12.0. The maximum atomic E-state index is 6.35. The quantitative estimate of drug-likeness (QED) is 0.153. The molecule has 0 radical (unpaired) electrons. The Bertz CT molecular complexity index is 3040. The molecule has 2 aliphatic rings. The van der Waals surface area contributed by atoms with E-state index in [0.717, 1.165) is 45.1 Å². The van der Waals surface area contributed by atoms with Gasteiger partial charge in [0.1, 0.15) is 11.9 Å². The molecular formula is C58H41NO. The number of anilines is 3. The SMILES string of the molecule is C1=CC2Oc3ccc4cc(-c5ccc(N(c6ccc(-c7ccccc7)cc6)c6ccccc6-c6ccc(-c7ccccc7)cc6)c(-c6ccccc6)c5)ccc4c3C2C=C1. The standard InChI is InChI=1S/C58H41NO/c1-4-14-40(15-5-1)42-24-26-45(27-25-42)50-20-10-12-22-54(50)59(49-33-28-43(29-34-49)41-16-6-2-7-17-41)55-36-31-47(39-53(55)44-18-8-3-9-19-44)46-30-35-51-48(38-46)32-37-57-58(51)52-21-11-13-23-56(52)60-57/h1-39,52,56H. The van der Waals surface area contributed by atoms with Crippen LogP contribution in [0.2, 0.25) is 0 Å². The van der Waals surface area contributed by atoms with Gasteiger partial charge in [-0.15, -0.1) is 0 Å². The third-order valence-electron chi connectivity index (χ3n) is 12.0. The van der Waals surface area contributed by atoms with Crippen LogP contribution in [0.15, 0.2) is 237 Å². The van der Waals surface area contributed by atoms with Crippen molar-refractivity contribution in [3.8, 4) is 61.4 Å². The largest absolute Gasteiger partial charge is 0.485 e. The second kappa shape index (κ2) is 15.2. The minimum Gasteiger partial charge on any atom is -0.485 e. The van der Waals surface area contributed by atoms with Gasteiger partial charge in [-0.25, -0.2) is 0 Å². The number of para-hydroxylation sites is 1. The maximum Gasteiger partial charge on any atom is 0.128 e. The Hall–Kier alpha value is -7.68. The Labute approximate surface area is 351 Å². The molecule has 1 aliphatic heterocycles. The van der Waals surface area contributed by atoms with Gasteiger partial charge >= 0.3 is 0 Å². The van der Waals surface area contributed by atoms with Gasteiger partial charge in [-0.05, 0) is 104 Å². The van der Waals surface area contributed by atoms with Crippen LogP contribution in [0.5, 0.6) is 5.75 Å². The molecule has 0 amide bonds. The summed E-state index contributed by atoms with van der Waals surface area (Å²) in [6, 6.07) is 77.0. The van der Waals surface area contributed by atoms with Crippen molar-refractivity contribution >= 4 is 27.8 Å². The number of fused-ring (bicyclic) bond motifs is 5. The van der Waals surface area contributed by atoms with Crippen molar-refractivity contribution in [3.05, 3.63) is 242 Å². The predicted octanol–water partition coefficient (Wildman–Crippen LogP) is 15.6. The van der Waals surface area contributed by atoms with Crippen LogP contribution in [-0.2, 0) is 0 Å². The zero-order valence-corrected chi connectivity index (χ0v) is 33.0. The molecule has 60 heavy (non-hydrogen) atoms. The Kier molecular flexibility index (Phi) is 9.02. The van der Waals surface area contributed by atoms with Crippen molar-refractivity contribution in [1.29, 1.82) is 0 Å². The molecule has 0 saturated heterocycles. The van der Waals surface area contributed by atoms with E-state index >= 15 is 0 Å². The van der Waals surface area contributed by atoms with Gasteiger partial charge in [0.2, 0.25) is 0 Å². The number of allylic oxidation sites excluding steroid dienone is 2. The minimum absolute atomic E-state index is 0.0625. The van der Waals surface area contributed by atoms with Crippen LogP contribution in [0.4, 0.5) is 17.1 Å². The lowest BCUT2D eigenvalue weighted by molar-refractivity contribution is 0.269. The molecule has 0 aromatic heterocycles. The monoisotopic (exact) mass is 767 g/mol. The molecule has 9 aromatic rings. The average molecular weight is 768 g/mol. The summed E-state index contributed by atoms with van der Waals surface area (Å²) in [5, 5.41) is 2.47. The smallest absolute Gasteiger partial charge is 0.128 e. The van der Waals surface area contributed by atoms with Gasteiger partial charge in [0, 0.05) is 28.3 Å². The van der Waals surface area contributed by atoms with E-state index in [9.17, 15) is 0 Å². The van der Waals surface area contributed by atoms with Crippen molar-refractivity contribution in [2.45, 2.75) is 12.0 Å². The van der Waals surface area contributed by atoms with Crippen LogP contribution in [0.1, 0.15) is 11.5 Å². The normalized spacial score (nSPS) is 15.0. The highest BCUT2D eigenvalue weighted by Crippen LogP contribution is 2.48. The summed E-state index contributed by atoms with van der Waals surface area (Å²) in [4.78, 5) is 2.44. The lowest BCUT2D eigenvalue weighted by atomic mass is 9.87. The number of rotatable bonds is 8. The van der Waals surface area contributed by atoms with Gasteiger partial charge in [-0.3, -0.25) is 0 Å². The fourth-order valence-electron chi connectivity index (χ4n) is 9.05. The number of benzene rings is 9. The second-order valence-electron chi connectivity index (χ2n) is 15.6. The van der Waals surface area contributed by atoms with E-state index in [2.05, 4.69) is 242 Å². The van der Waals surface area contributed by atoms with Gasteiger partial charge in [-0.2, -0.15) is 0 Å². The molecule has 1 heterocycles. The van der Waals surface area contributed by atoms with Gasteiger partial charge in [-0.1, -0.05) is 188 Å². The summed E-state index contributed by atoms with van der Waals surface area (Å²) in [6.07, 6.45) is 8.73. The number of ether oxygens (including phenoxy) is 1. The molecule has 0 fully saturated rings. The summed E-state index contributed by atoms with van der Waals surface area (Å²) in [5.41, 5.74) is 16.3. The molecule has 9 aromatic carbocycles. The van der Waals surface area contributed by atoms with E-state index in [-0.39, 0.29) is 12.0 Å². The minimum atomic E-state index is 0.0625. The van der Waals surface area contributed by atoms with Crippen molar-refractivity contribution in [2.24, 2.45) is 0 Å². The van der Waals surface area contributed by atoms with E-state index in [0.29, 0.717) is 0 Å². The third kappa shape index (κ3) is 6.49. The van der Waals surface area contributed by atoms with Crippen LogP contribution in [-0.4, -0.2) is 6.10 Å². The van der Waals surface area contributed by atoms with E-state index in [4.69, 9.17) is 4.74 Å². The molecule has 2 nitrogen and oxygen atoms in total. The summed E-state index contributed by atoms with van der Waals surface area (Å²) in [6.45, 7) is 0. The van der Waals surface area contributed by atoms with Gasteiger partial charge in [0.05, 0.1) is 11.4 Å². The fourth-order valence-corrected chi connectivity index (χ4v) is 9.05. The zero-order valence-electron chi connectivity index (χ0n) is 33.0. The first-order valence-electron chi connectivity index (χ1n) is 20.7. The first kappa shape index (κ1) is 35.5. The molecule has 284 valence electrons. The molecule has 1 aliphatic carbocycles. The first-order chi connectivity index (χ1) is 29.7. The number of hydrogen-bond donors (Lipinski definition) is 0. The predicted molar refractivity (Wildman–Crippen MR) is 251 cm³/mol. The molecule has 0 spiro atoms. The van der Waals surface area contributed by atoms with E-state index in [1.807, 2.05) is 0 Å². The summed E-state index contributed by atoms with van der Waals surface area (Å²) in [5.74, 6) is 1.22. The Morgan fingerprint density at radius 3 is 1.60 bits per heavy atom. The molecule has 2 heteroatoms. The highest BCUT2D eigenvalue weighted by molar-refractivity contribution is 5.97. The lowest BCUT2D eigenvalue weighted by Crippen LogP contribution is -2.15. The van der Waals surface area contributed by atoms with E-state index in [1.165, 1.54) is 49.7 Å². The van der Waals surface area contributed by atoms with Crippen LogP contribution in [0, 0.1) is 0 Å². The van der Waals surface area contributed by atoms with Crippen molar-refractivity contribution in [2.75, 3.05) is 4.90 Å². The molecular weight excluding hydrogens is 727 g/mol. The van der Waals surface area contributed by atoms with Crippen LogP contribution < -0.4 is 9.64 Å². The Morgan fingerprint density at radius 1 is 0.367 bits per heavy atom. The van der Waals surface area contributed by atoms with Gasteiger partial charge < -0.3 is 9.64 Å². The summed E-state index contributed by atoms with van der Waals surface area (Å²) in [7, 11) is 0. The van der Waals surface area contributed by atoms with Crippen molar-refractivity contribution < 1.29 is 4.74 Å². The second-order valence-corrected chi connectivity index (χ2v) is 15.6. The molecule has 2 unspecified atom stereocenters. The first-order valence-corrected chi connectivity index (χ1v) is 20.7. The number of nitrogens with zero attached hydrogens (tertiary/aromatic N) is 1. The average Bonchev–Trinajstić information content (AvgIpc) is 3.72. The van der Waals surface area contributed by atoms with Crippen LogP contribution in [0.3, 0.4) is 0 Å². The fraction of sp³-hybridized carbons (Fsp3) is 0.0345. The van der Waals surface area contributed by atoms with Gasteiger partial charge in [0.15, 0.2) is 0 Å². The molecule has 0 bridgehead atoms. The van der Waals surface area contributed by atoms with Gasteiger partial charge in [0.25, 0.3) is 0 Å². The topological polar surface area (TPSA) is 12.5 Å². The van der Waals surface area contributed by atoms with Crippen molar-refractivity contribution in [3.63, 3.8) is 0 Å². The van der Waals surface area contributed by atoms with E-state index in [1.54, 1.807) is 0 Å². The summed E-state index contributed by atoms with van der Waals surface area (Å²) >= 11 is 0. The molecule has 0 saturated carbocycles. The molecule has 2 atom stereocenters. The molecule has 11 rings (SSSR count). The van der Waals surface area contributed by atoms with Crippen LogP contribution >= 0.6 is 0 Å². The lowest BCUT2D eigenvalue weighted by Gasteiger charge is -2.30. The van der Waals surface area contributed by atoms with E-state index < -0.39 is 0 Å². The highest BCUT2D eigenvalue weighted by atomic mass is 16.5. The summed E-state index contributed by atoms with van der Waals surface area (Å²) < 4.78 is 6.35. The van der Waals surface area contributed by atoms with Crippen LogP contribution in [0.25, 0.3) is 66.4 Å². The Morgan fingerprint density at radius 2 is 0.883 bits per heavy atom. The number of hydrogen-bond acceptors (Lipinski definition) is 2. The Balaban J connectivity index is 1.06. The van der Waals surface area contributed by atoms with Crippen molar-refractivity contribution in [1.82, 2.24) is 0 Å².